The molecule has 3 heteroatoms. The molecule has 100 valence electrons. The van der Waals surface area contributed by atoms with E-state index in [0.29, 0.717) is 6.61 Å². The number of hydrogen-bond donors (Lipinski definition) is 2. The fraction of sp³-hybridized carbons (Fsp3) is 0.250. The predicted octanol–water partition coefficient (Wildman–Crippen LogP) is 3.38. The van der Waals surface area contributed by atoms with Crippen LogP contribution in [0.5, 0.6) is 5.75 Å². The topological polar surface area (TPSA) is 47.3 Å². The van der Waals surface area contributed by atoms with E-state index in [0.717, 1.165) is 29.2 Å². The number of ether oxygens (including phenoxy) is 1. The lowest BCUT2D eigenvalue weighted by Crippen LogP contribution is -2.13. The highest BCUT2D eigenvalue weighted by Crippen LogP contribution is 2.22. The molecule has 0 bridgehead atoms. The van der Waals surface area contributed by atoms with Crippen LogP contribution in [0.2, 0.25) is 0 Å². The van der Waals surface area contributed by atoms with Gasteiger partial charge in [0.05, 0.1) is 11.4 Å². The maximum absolute atomic E-state index is 5.93. The smallest absolute Gasteiger partial charge is 0.119 e. The Morgan fingerprint density at radius 2 is 1.89 bits per heavy atom. The molecule has 3 nitrogen and oxygen atoms in total. The quantitative estimate of drug-likeness (QED) is 0.637. The van der Waals surface area contributed by atoms with Crippen molar-refractivity contribution < 1.29 is 4.74 Å². The molecule has 0 atom stereocenters. The highest BCUT2D eigenvalue weighted by molar-refractivity contribution is 5.69. The Hall–Kier alpha value is -2.16. The van der Waals surface area contributed by atoms with Crippen molar-refractivity contribution in [1.82, 2.24) is 0 Å². The van der Waals surface area contributed by atoms with Crippen molar-refractivity contribution in [3.05, 3.63) is 53.6 Å². The van der Waals surface area contributed by atoms with Crippen LogP contribution in [0.4, 0.5) is 11.4 Å². The van der Waals surface area contributed by atoms with Gasteiger partial charge in [-0.1, -0.05) is 24.3 Å². The molecule has 0 saturated heterocycles. The summed E-state index contributed by atoms with van der Waals surface area (Å²) in [6, 6.07) is 13.9. The Labute approximate surface area is 114 Å². The van der Waals surface area contributed by atoms with E-state index in [-0.39, 0.29) is 0 Å². The zero-order valence-corrected chi connectivity index (χ0v) is 11.4. The van der Waals surface area contributed by atoms with E-state index in [9.17, 15) is 0 Å². The van der Waals surface area contributed by atoms with E-state index >= 15 is 0 Å². The molecule has 2 aromatic rings. The maximum Gasteiger partial charge on any atom is 0.119 e. The SMILES string of the molecule is Cc1cccc(OCCNc2c(C)cccc2N)c1. The van der Waals surface area contributed by atoms with Crippen molar-refractivity contribution in [2.75, 3.05) is 24.2 Å². The van der Waals surface area contributed by atoms with Gasteiger partial charge in [0.1, 0.15) is 12.4 Å². The van der Waals surface area contributed by atoms with Crippen LogP contribution in [0, 0.1) is 13.8 Å². The van der Waals surface area contributed by atoms with E-state index in [1.165, 1.54) is 5.56 Å². The summed E-state index contributed by atoms with van der Waals surface area (Å²) >= 11 is 0. The Balaban J connectivity index is 1.84. The van der Waals surface area contributed by atoms with E-state index < -0.39 is 0 Å². The van der Waals surface area contributed by atoms with Crippen molar-refractivity contribution in [1.29, 1.82) is 0 Å². The fourth-order valence-electron chi connectivity index (χ4n) is 1.98. The molecule has 2 rings (SSSR count). The summed E-state index contributed by atoms with van der Waals surface area (Å²) in [6.45, 7) is 5.43. The molecule has 0 aromatic heterocycles. The highest BCUT2D eigenvalue weighted by atomic mass is 16.5. The number of nitrogens with two attached hydrogens (primary N) is 1. The summed E-state index contributed by atoms with van der Waals surface area (Å²) in [4.78, 5) is 0. The lowest BCUT2D eigenvalue weighted by atomic mass is 10.1. The average molecular weight is 256 g/mol. The Bertz CT molecular complexity index is 532. The molecule has 0 amide bonds. The van der Waals surface area contributed by atoms with Gasteiger partial charge in [-0.2, -0.15) is 0 Å². The Morgan fingerprint density at radius 1 is 1.11 bits per heavy atom. The van der Waals surface area contributed by atoms with Gasteiger partial charge < -0.3 is 15.8 Å². The van der Waals surface area contributed by atoms with Crippen LogP contribution in [0.15, 0.2) is 42.5 Å². The molecule has 3 N–H and O–H groups in total. The third kappa shape index (κ3) is 3.65. The van der Waals surface area contributed by atoms with Crippen LogP contribution in [0.3, 0.4) is 0 Å². The number of hydrogen-bond acceptors (Lipinski definition) is 3. The molecule has 0 fully saturated rings. The lowest BCUT2D eigenvalue weighted by molar-refractivity contribution is 0.332. The van der Waals surface area contributed by atoms with Crippen LogP contribution in [0.1, 0.15) is 11.1 Å². The Morgan fingerprint density at radius 3 is 2.63 bits per heavy atom. The van der Waals surface area contributed by atoms with Crippen molar-refractivity contribution in [2.45, 2.75) is 13.8 Å². The average Bonchev–Trinajstić information content (AvgIpc) is 2.37. The van der Waals surface area contributed by atoms with Crippen LogP contribution in [-0.2, 0) is 0 Å². The summed E-state index contributed by atoms with van der Waals surface area (Å²) in [5.41, 5.74) is 10.1. The summed E-state index contributed by atoms with van der Waals surface area (Å²) in [5.74, 6) is 0.902. The minimum Gasteiger partial charge on any atom is -0.492 e. The molecular formula is C16H20N2O. The molecule has 0 aliphatic rings. The third-order valence-electron chi connectivity index (χ3n) is 2.97. The molecule has 2 aromatic carbocycles. The van der Waals surface area contributed by atoms with Gasteiger partial charge in [0.2, 0.25) is 0 Å². The number of aryl methyl sites for hydroxylation is 2. The maximum atomic E-state index is 5.93. The number of anilines is 2. The number of benzene rings is 2. The lowest BCUT2D eigenvalue weighted by Gasteiger charge is -2.13. The summed E-state index contributed by atoms with van der Waals surface area (Å²) in [5, 5.41) is 3.32. The zero-order chi connectivity index (χ0) is 13.7. The van der Waals surface area contributed by atoms with Crippen LogP contribution in [0.25, 0.3) is 0 Å². The van der Waals surface area contributed by atoms with E-state index in [2.05, 4.69) is 18.3 Å². The third-order valence-corrected chi connectivity index (χ3v) is 2.97. The van der Waals surface area contributed by atoms with E-state index in [1.807, 2.05) is 43.3 Å². The molecule has 0 aliphatic carbocycles. The zero-order valence-electron chi connectivity index (χ0n) is 11.4. The summed E-state index contributed by atoms with van der Waals surface area (Å²) in [7, 11) is 0. The molecule has 0 heterocycles. The van der Waals surface area contributed by atoms with Crippen LogP contribution < -0.4 is 15.8 Å². The van der Waals surface area contributed by atoms with Gasteiger partial charge in [0.25, 0.3) is 0 Å². The minimum absolute atomic E-state index is 0.608. The van der Waals surface area contributed by atoms with Crippen LogP contribution in [-0.4, -0.2) is 13.2 Å². The first-order valence-corrected chi connectivity index (χ1v) is 6.45. The fourth-order valence-corrected chi connectivity index (χ4v) is 1.98. The second-order valence-corrected chi connectivity index (χ2v) is 4.63. The van der Waals surface area contributed by atoms with Crippen molar-refractivity contribution in [3.8, 4) is 5.75 Å². The van der Waals surface area contributed by atoms with Gasteiger partial charge >= 0.3 is 0 Å². The Kier molecular flexibility index (Phi) is 4.29. The normalized spacial score (nSPS) is 10.2. The second-order valence-electron chi connectivity index (χ2n) is 4.63. The molecule has 0 saturated carbocycles. The number of para-hydroxylation sites is 1. The molecule has 0 unspecified atom stereocenters. The first kappa shape index (κ1) is 13.3. The van der Waals surface area contributed by atoms with E-state index in [4.69, 9.17) is 10.5 Å². The van der Waals surface area contributed by atoms with E-state index in [1.54, 1.807) is 0 Å². The van der Waals surface area contributed by atoms with Gasteiger partial charge in [0, 0.05) is 6.54 Å². The first-order valence-electron chi connectivity index (χ1n) is 6.45. The summed E-state index contributed by atoms with van der Waals surface area (Å²) < 4.78 is 5.68. The molecule has 0 spiro atoms. The second kappa shape index (κ2) is 6.14. The monoisotopic (exact) mass is 256 g/mol. The van der Waals surface area contributed by atoms with Crippen molar-refractivity contribution >= 4 is 11.4 Å². The number of rotatable bonds is 5. The van der Waals surface area contributed by atoms with Gasteiger partial charge in [-0.05, 0) is 43.2 Å². The van der Waals surface area contributed by atoms with Gasteiger partial charge in [-0.3, -0.25) is 0 Å². The molecule has 0 radical (unpaired) electrons. The molecule has 19 heavy (non-hydrogen) atoms. The number of nitrogens with one attached hydrogen (secondary N) is 1. The standard InChI is InChI=1S/C16H20N2O/c1-12-5-3-7-14(11-12)19-10-9-18-16-13(2)6-4-8-15(16)17/h3-8,11,18H,9-10,17H2,1-2H3. The van der Waals surface area contributed by atoms with Crippen molar-refractivity contribution in [3.63, 3.8) is 0 Å². The molecule has 0 aliphatic heterocycles. The van der Waals surface area contributed by atoms with Crippen LogP contribution >= 0.6 is 0 Å². The van der Waals surface area contributed by atoms with Crippen molar-refractivity contribution in [2.24, 2.45) is 0 Å². The van der Waals surface area contributed by atoms with Gasteiger partial charge in [0.15, 0.2) is 0 Å². The summed E-state index contributed by atoms with van der Waals surface area (Å²) in [6.07, 6.45) is 0. The first-order chi connectivity index (χ1) is 9.16. The predicted molar refractivity (Wildman–Crippen MR) is 80.8 cm³/mol. The number of nitrogen functional groups attached to an aromatic ring is 1. The van der Waals surface area contributed by atoms with Gasteiger partial charge in [-0.15, -0.1) is 0 Å². The largest absolute Gasteiger partial charge is 0.492 e. The van der Waals surface area contributed by atoms with Gasteiger partial charge in [-0.25, -0.2) is 0 Å². The minimum atomic E-state index is 0.608. The highest BCUT2D eigenvalue weighted by Gasteiger charge is 2.01. The molecular weight excluding hydrogens is 236 g/mol.